The van der Waals surface area contributed by atoms with E-state index in [1.807, 2.05) is 28.8 Å². The van der Waals surface area contributed by atoms with Crippen LogP contribution in [-0.4, -0.2) is 29.2 Å². The zero-order chi connectivity index (χ0) is 24.8. The van der Waals surface area contributed by atoms with Gasteiger partial charge >= 0.3 is 6.03 Å². The molecule has 2 aliphatic heterocycles. The quantitative estimate of drug-likeness (QED) is 0.347. The number of amides is 4. The molecular weight excluding hydrogens is 465 g/mol. The highest BCUT2D eigenvalue weighted by Gasteiger charge is 2.37. The standard InChI is InChI=1S/C27H18FN3O5/c28-21-7-3-1-5-16(21)13-30-14-17(19-6-2-4-8-22(19)30)11-20-25(32)29-27(34)31(26(20)33)18-9-10-23-24(12-18)36-15-35-23/h1-12,14H,13,15H2,(H,29,32,34)/b20-11+. The number of rotatable bonds is 4. The predicted molar refractivity (Wildman–Crippen MR) is 129 cm³/mol. The van der Waals surface area contributed by atoms with Crippen LogP contribution >= 0.6 is 0 Å². The average molecular weight is 483 g/mol. The van der Waals surface area contributed by atoms with Crippen LogP contribution in [0.1, 0.15) is 11.1 Å². The highest BCUT2D eigenvalue weighted by atomic mass is 19.1. The maximum Gasteiger partial charge on any atom is 0.335 e. The van der Waals surface area contributed by atoms with Crippen molar-refractivity contribution in [2.75, 3.05) is 11.7 Å². The van der Waals surface area contributed by atoms with E-state index in [4.69, 9.17) is 9.47 Å². The summed E-state index contributed by atoms with van der Waals surface area (Å²) in [6.45, 7) is 0.303. The molecule has 0 spiro atoms. The Morgan fingerprint density at radius 3 is 2.58 bits per heavy atom. The molecule has 178 valence electrons. The van der Waals surface area contributed by atoms with Gasteiger partial charge in [-0.3, -0.25) is 14.9 Å². The Balaban J connectivity index is 1.40. The molecule has 4 amide bonds. The molecule has 0 bridgehead atoms. The SMILES string of the molecule is O=C1NC(=O)N(c2ccc3c(c2)OCO3)C(=O)/C1=C/c1cn(Cc2ccccc2F)c2ccccc12. The number of carbonyl (C=O) groups is 3. The van der Waals surface area contributed by atoms with Crippen LogP contribution < -0.4 is 19.7 Å². The maximum atomic E-state index is 14.3. The zero-order valence-electron chi connectivity index (χ0n) is 18.7. The molecule has 0 atom stereocenters. The second kappa shape index (κ2) is 8.38. The lowest BCUT2D eigenvalue weighted by Crippen LogP contribution is -2.54. The number of nitrogens with zero attached hydrogens (tertiary/aromatic N) is 2. The molecule has 0 saturated carbocycles. The molecule has 1 saturated heterocycles. The normalized spacial score (nSPS) is 16.2. The number of nitrogens with one attached hydrogen (secondary N) is 1. The van der Waals surface area contributed by atoms with E-state index in [0.29, 0.717) is 22.6 Å². The number of benzene rings is 3. The third-order valence-corrected chi connectivity index (χ3v) is 6.13. The Morgan fingerprint density at radius 1 is 0.944 bits per heavy atom. The molecule has 1 N–H and O–H groups in total. The van der Waals surface area contributed by atoms with E-state index in [1.54, 1.807) is 36.5 Å². The topological polar surface area (TPSA) is 89.9 Å². The van der Waals surface area contributed by atoms with Crippen molar-refractivity contribution in [1.82, 2.24) is 9.88 Å². The van der Waals surface area contributed by atoms with Gasteiger partial charge in [-0.1, -0.05) is 36.4 Å². The summed E-state index contributed by atoms with van der Waals surface area (Å²) in [5.74, 6) is -0.999. The van der Waals surface area contributed by atoms with Gasteiger partial charge in [0.25, 0.3) is 11.8 Å². The molecule has 0 unspecified atom stereocenters. The lowest BCUT2D eigenvalue weighted by molar-refractivity contribution is -0.122. The van der Waals surface area contributed by atoms with Crippen LogP contribution in [-0.2, 0) is 16.1 Å². The minimum atomic E-state index is -0.858. The summed E-state index contributed by atoms with van der Waals surface area (Å²) in [6, 6.07) is 17.7. The molecule has 1 aromatic heterocycles. The van der Waals surface area contributed by atoms with Crippen LogP contribution in [0.25, 0.3) is 17.0 Å². The molecule has 9 heteroatoms. The second-order valence-corrected chi connectivity index (χ2v) is 8.32. The van der Waals surface area contributed by atoms with Gasteiger partial charge in [-0.25, -0.2) is 14.1 Å². The number of carbonyl (C=O) groups excluding carboxylic acids is 3. The first kappa shape index (κ1) is 21.6. The lowest BCUT2D eigenvalue weighted by Gasteiger charge is -2.26. The lowest BCUT2D eigenvalue weighted by atomic mass is 10.1. The van der Waals surface area contributed by atoms with Gasteiger partial charge in [-0.2, -0.15) is 0 Å². The van der Waals surface area contributed by atoms with Crippen molar-refractivity contribution in [3.63, 3.8) is 0 Å². The van der Waals surface area contributed by atoms with Crippen LogP contribution in [0.5, 0.6) is 11.5 Å². The fraction of sp³-hybridized carbons (Fsp3) is 0.0741. The summed E-state index contributed by atoms with van der Waals surface area (Å²) in [5, 5.41) is 3.00. The number of anilines is 1. The molecule has 8 nitrogen and oxygen atoms in total. The van der Waals surface area contributed by atoms with Crippen LogP contribution in [0, 0.1) is 5.82 Å². The van der Waals surface area contributed by atoms with Crippen LogP contribution in [0.2, 0.25) is 0 Å². The predicted octanol–water partition coefficient (Wildman–Crippen LogP) is 4.22. The fourth-order valence-electron chi connectivity index (χ4n) is 4.40. The first-order valence-corrected chi connectivity index (χ1v) is 11.1. The van der Waals surface area contributed by atoms with Gasteiger partial charge in [0.05, 0.1) is 12.2 Å². The number of imide groups is 2. The highest BCUT2D eigenvalue weighted by Crippen LogP contribution is 2.36. The number of para-hydroxylation sites is 1. The molecule has 3 heterocycles. The smallest absolute Gasteiger partial charge is 0.335 e. The number of urea groups is 1. The number of hydrogen-bond donors (Lipinski definition) is 1. The number of aromatic nitrogens is 1. The summed E-state index contributed by atoms with van der Waals surface area (Å²) >= 11 is 0. The van der Waals surface area contributed by atoms with Gasteiger partial charge in [0, 0.05) is 34.3 Å². The van der Waals surface area contributed by atoms with Crippen molar-refractivity contribution in [3.05, 3.63) is 95.4 Å². The minimum Gasteiger partial charge on any atom is -0.454 e. The Bertz CT molecular complexity index is 1610. The van der Waals surface area contributed by atoms with Gasteiger partial charge in [0.1, 0.15) is 11.4 Å². The Kier molecular flexibility index (Phi) is 5.03. The number of barbiturate groups is 1. The first-order valence-electron chi connectivity index (χ1n) is 11.1. The van der Waals surface area contributed by atoms with Gasteiger partial charge in [-0.05, 0) is 30.3 Å². The monoisotopic (exact) mass is 483 g/mol. The van der Waals surface area contributed by atoms with Gasteiger partial charge in [-0.15, -0.1) is 0 Å². The molecule has 1 fully saturated rings. The fourth-order valence-corrected chi connectivity index (χ4v) is 4.40. The number of halogens is 1. The van der Waals surface area contributed by atoms with Gasteiger partial charge in [0.15, 0.2) is 11.5 Å². The van der Waals surface area contributed by atoms with Gasteiger partial charge < -0.3 is 14.0 Å². The van der Waals surface area contributed by atoms with Crippen molar-refractivity contribution in [1.29, 1.82) is 0 Å². The van der Waals surface area contributed by atoms with Gasteiger partial charge in [0.2, 0.25) is 6.79 Å². The third kappa shape index (κ3) is 3.58. The largest absolute Gasteiger partial charge is 0.454 e. The van der Waals surface area contributed by atoms with E-state index in [9.17, 15) is 18.8 Å². The molecule has 6 rings (SSSR count). The molecule has 0 aliphatic carbocycles. The zero-order valence-corrected chi connectivity index (χ0v) is 18.7. The van der Waals surface area contributed by atoms with Crippen molar-refractivity contribution in [2.45, 2.75) is 6.54 Å². The van der Waals surface area contributed by atoms with E-state index >= 15 is 0 Å². The van der Waals surface area contributed by atoms with Crippen LogP contribution in [0.15, 0.2) is 78.5 Å². The minimum absolute atomic E-state index is 0.0412. The van der Waals surface area contributed by atoms with E-state index in [2.05, 4.69) is 5.32 Å². The molecule has 36 heavy (non-hydrogen) atoms. The molecule has 3 aromatic carbocycles. The Morgan fingerprint density at radius 2 is 1.72 bits per heavy atom. The maximum absolute atomic E-state index is 14.3. The number of fused-ring (bicyclic) bond motifs is 2. The number of ether oxygens (including phenoxy) is 2. The first-order chi connectivity index (χ1) is 17.5. The van der Waals surface area contributed by atoms with E-state index in [-0.39, 0.29) is 30.4 Å². The second-order valence-electron chi connectivity index (χ2n) is 8.32. The average Bonchev–Trinajstić information content (AvgIpc) is 3.47. The Hall–Kier alpha value is -4.92. The molecular formula is C27H18FN3O5. The summed E-state index contributed by atoms with van der Waals surface area (Å²) in [7, 11) is 0. The summed E-state index contributed by atoms with van der Waals surface area (Å²) in [4.78, 5) is 39.6. The number of hydrogen-bond acceptors (Lipinski definition) is 5. The third-order valence-electron chi connectivity index (χ3n) is 6.13. The Labute approximate surface area is 204 Å². The van der Waals surface area contributed by atoms with Crippen LogP contribution in [0.3, 0.4) is 0 Å². The summed E-state index contributed by atoms with van der Waals surface area (Å²) in [5.41, 5.74) is 1.92. The highest BCUT2D eigenvalue weighted by molar-refractivity contribution is 6.39. The van der Waals surface area contributed by atoms with Crippen molar-refractivity contribution >= 4 is 40.5 Å². The van der Waals surface area contributed by atoms with Crippen molar-refractivity contribution < 1.29 is 28.2 Å². The van der Waals surface area contributed by atoms with E-state index in [1.165, 1.54) is 18.2 Å². The summed E-state index contributed by atoms with van der Waals surface area (Å²) < 4.78 is 26.8. The van der Waals surface area contributed by atoms with Crippen LogP contribution in [0.4, 0.5) is 14.9 Å². The molecule has 4 aromatic rings. The van der Waals surface area contributed by atoms with Crippen molar-refractivity contribution in [2.24, 2.45) is 0 Å². The molecule has 2 aliphatic rings. The van der Waals surface area contributed by atoms with E-state index < -0.39 is 17.8 Å². The summed E-state index contributed by atoms with van der Waals surface area (Å²) in [6.07, 6.45) is 3.20. The van der Waals surface area contributed by atoms with E-state index in [0.717, 1.165) is 15.8 Å². The van der Waals surface area contributed by atoms with Crippen molar-refractivity contribution in [3.8, 4) is 11.5 Å². The molecule has 0 radical (unpaired) electrons.